The summed E-state index contributed by atoms with van der Waals surface area (Å²) in [5.74, 6) is 0.639. The van der Waals surface area contributed by atoms with Crippen LogP contribution in [0.15, 0.2) is 58.2 Å². The predicted molar refractivity (Wildman–Crippen MR) is 87.8 cm³/mol. The Bertz CT molecular complexity index is 838. The smallest absolute Gasteiger partial charge is 0.216 e. The van der Waals surface area contributed by atoms with Crippen LogP contribution in [0, 0.1) is 4.77 Å². The van der Waals surface area contributed by atoms with Gasteiger partial charge in [0.15, 0.2) is 5.82 Å². The highest BCUT2D eigenvalue weighted by Crippen LogP contribution is 2.26. The fourth-order valence-electron chi connectivity index (χ4n) is 1.78. The topological polar surface area (TPSA) is 58.9 Å². The Balaban J connectivity index is 2.05. The van der Waals surface area contributed by atoms with Crippen LogP contribution in [-0.4, -0.2) is 26.1 Å². The van der Waals surface area contributed by atoms with E-state index in [4.69, 9.17) is 12.2 Å². The molecular weight excluding hydrogens is 350 g/mol. The maximum atomic E-state index is 5.23. The molecule has 0 saturated carbocycles. The van der Waals surface area contributed by atoms with Gasteiger partial charge in [0.05, 0.1) is 11.9 Å². The number of H-pyrrole nitrogens is 1. The van der Waals surface area contributed by atoms with Crippen LogP contribution in [0.3, 0.4) is 0 Å². The lowest BCUT2D eigenvalue weighted by atomic mass is 10.2. The molecule has 0 spiro atoms. The van der Waals surface area contributed by atoms with E-state index in [0.717, 1.165) is 15.7 Å². The molecule has 3 aromatic rings. The minimum atomic E-state index is 0.424. The number of rotatable bonds is 3. The number of halogens is 1. The Morgan fingerprint density at radius 2 is 2.00 bits per heavy atom. The first-order chi connectivity index (χ1) is 10.3. The van der Waals surface area contributed by atoms with Gasteiger partial charge in [0.2, 0.25) is 4.77 Å². The van der Waals surface area contributed by atoms with E-state index in [9.17, 15) is 0 Å². The summed E-state index contributed by atoms with van der Waals surface area (Å²) in [7, 11) is 0. The third-order valence-corrected chi connectivity index (χ3v) is 3.71. The zero-order chi connectivity index (χ0) is 14.7. The zero-order valence-electron chi connectivity index (χ0n) is 10.8. The molecule has 0 aliphatic heterocycles. The van der Waals surface area contributed by atoms with Crippen LogP contribution < -0.4 is 0 Å². The highest BCUT2D eigenvalue weighted by Gasteiger charge is 2.10. The van der Waals surface area contributed by atoms with Gasteiger partial charge in [-0.2, -0.15) is 14.9 Å². The van der Waals surface area contributed by atoms with E-state index in [2.05, 4.69) is 36.2 Å². The van der Waals surface area contributed by atoms with Crippen LogP contribution in [0.25, 0.3) is 11.4 Å². The van der Waals surface area contributed by atoms with Crippen molar-refractivity contribution >= 4 is 34.4 Å². The molecule has 21 heavy (non-hydrogen) atoms. The number of nitrogens with one attached hydrogen (secondary N) is 1. The minimum Gasteiger partial charge on any atom is -0.255 e. The molecule has 3 rings (SSSR count). The molecule has 0 unspecified atom stereocenters. The molecule has 2 heterocycles. The van der Waals surface area contributed by atoms with E-state index in [1.807, 2.05) is 42.5 Å². The molecule has 0 fully saturated rings. The fourth-order valence-corrected chi connectivity index (χ4v) is 2.43. The van der Waals surface area contributed by atoms with Crippen molar-refractivity contribution in [1.29, 1.82) is 0 Å². The van der Waals surface area contributed by atoms with Gasteiger partial charge in [-0.05, 0) is 36.5 Å². The molecule has 0 atom stereocenters. The Hall–Kier alpha value is -2.12. The number of aromatic nitrogens is 4. The largest absolute Gasteiger partial charge is 0.255 e. The second kappa shape index (κ2) is 6.11. The van der Waals surface area contributed by atoms with Gasteiger partial charge >= 0.3 is 0 Å². The van der Waals surface area contributed by atoms with Gasteiger partial charge in [0.1, 0.15) is 0 Å². The third-order valence-electron chi connectivity index (χ3n) is 2.76. The molecule has 2 aromatic heterocycles. The summed E-state index contributed by atoms with van der Waals surface area (Å²) in [6, 6.07) is 13.4. The molecule has 0 aliphatic carbocycles. The number of hydrogen-bond acceptors (Lipinski definition) is 4. The van der Waals surface area contributed by atoms with Crippen molar-refractivity contribution in [2.24, 2.45) is 5.10 Å². The highest BCUT2D eigenvalue weighted by atomic mass is 79.9. The van der Waals surface area contributed by atoms with Gasteiger partial charge in [0.25, 0.3) is 0 Å². The molecule has 5 nitrogen and oxygen atoms in total. The summed E-state index contributed by atoms with van der Waals surface area (Å²) in [5.41, 5.74) is 1.65. The second-order valence-corrected chi connectivity index (χ2v) is 5.38. The highest BCUT2D eigenvalue weighted by molar-refractivity contribution is 9.10. The van der Waals surface area contributed by atoms with Crippen LogP contribution >= 0.6 is 28.1 Å². The first kappa shape index (κ1) is 13.8. The molecule has 0 aliphatic rings. The van der Waals surface area contributed by atoms with E-state index in [0.29, 0.717) is 10.6 Å². The van der Waals surface area contributed by atoms with Gasteiger partial charge < -0.3 is 0 Å². The number of hydrogen-bond donors (Lipinski definition) is 1. The quantitative estimate of drug-likeness (QED) is 0.573. The zero-order valence-corrected chi connectivity index (χ0v) is 13.2. The monoisotopic (exact) mass is 359 g/mol. The molecule has 0 radical (unpaired) electrons. The first-order valence-corrected chi connectivity index (χ1v) is 7.33. The predicted octanol–water partition coefficient (Wildman–Crippen LogP) is 3.65. The van der Waals surface area contributed by atoms with Gasteiger partial charge in [-0.1, -0.05) is 34.1 Å². The van der Waals surface area contributed by atoms with E-state index < -0.39 is 0 Å². The molecule has 0 amide bonds. The Morgan fingerprint density at radius 1 is 1.19 bits per heavy atom. The molecule has 0 saturated heterocycles. The molecule has 0 bridgehead atoms. The maximum absolute atomic E-state index is 5.23. The van der Waals surface area contributed by atoms with Gasteiger partial charge in [-0.25, -0.2) is 5.10 Å². The summed E-state index contributed by atoms with van der Waals surface area (Å²) in [6.07, 6.45) is 3.36. The molecule has 104 valence electrons. The number of aromatic amines is 1. The number of pyridine rings is 1. The molecule has 1 aromatic carbocycles. The third kappa shape index (κ3) is 2.98. The van der Waals surface area contributed by atoms with Gasteiger partial charge in [0, 0.05) is 16.2 Å². The van der Waals surface area contributed by atoms with Crippen LogP contribution in [0.5, 0.6) is 0 Å². The van der Waals surface area contributed by atoms with Gasteiger partial charge in [-0.3, -0.25) is 4.98 Å². The van der Waals surface area contributed by atoms with E-state index in [1.54, 1.807) is 17.1 Å². The van der Waals surface area contributed by atoms with Crippen LogP contribution in [0.2, 0.25) is 0 Å². The summed E-state index contributed by atoms with van der Waals surface area (Å²) >= 11 is 8.73. The van der Waals surface area contributed by atoms with Crippen molar-refractivity contribution in [3.63, 3.8) is 0 Å². The molecule has 7 heteroatoms. The first-order valence-electron chi connectivity index (χ1n) is 6.13. The van der Waals surface area contributed by atoms with Crippen LogP contribution in [0.1, 0.15) is 5.69 Å². The van der Waals surface area contributed by atoms with E-state index in [-0.39, 0.29) is 0 Å². The maximum Gasteiger partial charge on any atom is 0.216 e. The van der Waals surface area contributed by atoms with E-state index in [1.165, 1.54) is 0 Å². The number of nitrogens with zero attached hydrogens (tertiary/aromatic N) is 4. The average molecular weight is 360 g/mol. The standard InChI is InChI=1S/C14H10BrN5S/c15-12-7-2-1-6-11(12)13-18-19-14(21)20(13)17-9-10-5-3-4-8-16-10/h1-9H,(H,19,21)/b17-9-. The van der Waals surface area contributed by atoms with Crippen LogP contribution in [-0.2, 0) is 0 Å². The lowest BCUT2D eigenvalue weighted by Crippen LogP contribution is -1.96. The van der Waals surface area contributed by atoms with Crippen molar-refractivity contribution in [3.05, 3.63) is 63.6 Å². The van der Waals surface area contributed by atoms with Crippen molar-refractivity contribution < 1.29 is 0 Å². The minimum absolute atomic E-state index is 0.424. The molecular formula is C14H10BrN5S. The SMILES string of the molecule is S=c1[nH]nc(-c2ccccc2Br)n1/N=C\c1ccccn1. The number of benzene rings is 1. The lowest BCUT2D eigenvalue weighted by molar-refractivity contribution is 0.870. The summed E-state index contributed by atoms with van der Waals surface area (Å²) < 4.78 is 2.92. The Labute approximate surface area is 134 Å². The van der Waals surface area contributed by atoms with Crippen molar-refractivity contribution in [3.8, 4) is 11.4 Å². The van der Waals surface area contributed by atoms with E-state index >= 15 is 0 Å². The van der Waals surface area contributed by atoms with Crippen molar-refractivity contribution in [1.82, 2.24) is 19.9 Å². The lowest BCUT2D eigenvalue weighted by Gasteiger charge is -2.02. The summed E-state index contributed by atoms with van der Waals surface area (Å²) in [5, 5.41) is 11.4. The fraction of sp³-hybridized carbons (Fsp3) is 0. The van der Waals surface area contributed by atoms with Crippen LogP contribution in [0.4, 0.5) is 0 Å². The van der Waals surface area contributed by atoms with Crippen molar-refractivity contribution in [2.75, 3.05) is 0 Å². The average Bonchev–Trinajstić information content (AvgIpc) is 2.88. The van der Waals surface area contributed by atoms with Crippen molar-refractivity contribution in [2.45, 2.75) is 0 Å². The normalized spacial score (nSPS) is 11.1. The Kier molecular flexibility index (Phi) is 4.03. The molecule has 1 N–H and O–H groups in total. The Morgan fingerprint density at radius 3 is 2.76 bits per heavy atom. The second-order valence-electron chi connectivity index (χ2n) is 4.14. The van der Waals surface area contributed by atoms with Gasteiger partial charge in [-0.15, -0.1) is 0 Å². The summed E-state index contributed by atoms with van der Waals surface area (Å²) in [4.78, 5) is 4.19. The summed E-state index contributed by atoms with van der Waals surface area (Å²) in [6.45, 7) is 0.